The summed E-state index contributed by atoms with van der Waals surface area (Å²) in [5.74, 6) is 0.698. The molecular weight excluding hydrogens is 258 g/mol. The molecule has 1 saturated carbocycles. The number of ether oxygens (including phenoxy) is 1. The second-order valence-corrected chi connectivity index (χ2v) is 7.12. The molecular formula is C19H29NO. The molecule has 0 aromatic heterocycles. The molecule has 3 atom stereocenters. The van der Waals surface area contributed by atoms with Crippen molar-refractivity contribution in [2.45, 2.75) is 70.6 Å². The first-order valence-corrected chi connectivity index (χ1v) is 8.63. The lowest BCUT2D eigenvalue weighted by Crippen LogP contribution is -2.29. The third-order valence-electron chi connectivity index (χ3n) is 4.83. The summed E-state index contributed by atoms with van der Waals surface area (Å²) in [6.07, 6.45) is 8.55. The summed E-state index contributed by atoms with van der Waals surface area (Å²) in [6, 6.07) is 9.84. The molecule has 3 unspecified atom stereocenters. The Bertz CT molecular complexity index is 437. The van der Waals surface area contributed by atoms with Gasteiger partial charge in [-0.3, -0.25) is 0 Å². The molecule has 2 aliphatic rings. The van der Waals surface area contributed by atoms with Gasteiger partial charge in [-0.05, 0) is 70.4 Å². The average Bonchev–Trinajstić information content (AvgIpc) is 3.21. The zero-order chi connectivity index (χ0) is 14.7. The molecule has 1 aliphatic carbocycles. The Balaban J connectivity index is 1.55. The highest BCUT2D eigenvalue weighted by molar-refractivity contribution is 5.21. The fourth-order valence-electron chi connectivity index (χ4n) is 3.35. The molecule has 21 heavy (non-hydrogen) atoms. The minimum absolute atomic E-state index is 0.464. The van der Waals surface area contributed by atoms with E-state index < -0.39 is 0 Å². The average molecular weight is 287 g/mol. The molecule has 116 valence electrons. The molecule has 1 N–H and O–H groups in total. The van der Waals surface area contributed by atoms with Crippen LogP contribution in [0.4, 0.5) is 0 Å². The van der Waals surface area contributed by atoms with Crippen molar-refractivity contribution in [2.75, 3.05) is 6.54 Å². The first kappa shape index (κ1) is 15.1. The van der Waals surface area contributed by atoms with E-state index in [1.807, 2.05) is 0 Å². The number of benzene rings is 1. The van der Waals surface area contributed by atoms with Crippen molar-refractivity contribution < 1.29 is 4.74 Å². The van der Waals surface area contributed by atoms with Crippen molar-refractivity contribution in [3.63, 3.8) is 0 Å². The van der Waals surface area contributed by atoms with E-state index in [1.165, 1.54) is 49.7 Å². The Labute approximate surface area is 129 Å². The lowest BCUT2D eigenvalue weighted by atomic mass is 9.92. The van der Waals surface area contributed by atoms with Crippen LogP contribution in [0.1, 0.15) is 50.2 Å². The van der Waals surface area contributed by atoms with Gasteiger partial charge in [0.2, 0.25) is 0 Å². The van der Waals surface area contributed by atoms with Gasteiger partial charge in [-0.1, -0.05) is 29.8 Å². The quantitative estimate of drug-likeness (QED) is 0.822. The second kappa shape index (κ2) is 6.93. The van der Waals surface area contributed by atoms with Crippen LogP contribution in [-0.2, 0) is 11.2 Å². The van der Waals surface area contributed by atoms with Crippen molar-refractivity contribution >= 4 is 0 Å². The summed E-state index contributed by atoms with van der Waals surface area (Å²) >= 11 is 0. The predicted molar refractivity (Wildman–Crippen MR) is 87.6 cm³/mol. The maximum Gasteiger partial charge on any atom is 0.0583 e. The van der Waals surface area contributed by atoms with E-state index in [2.05, 4.69) is 43.4 Å². The van der Waals surface area contributed by atoms with Gasteiger partial charge in [-0.15, -0.1) is 0 Å². The van der Waals surface area contributed by atoms with Gasteiger partial charge in [0, 0.05) is 6.04 Å². The third-order valence-corrected chi connectivity index (χ3v) is 4.83. The minimum atomic E-state index is 0.464. The summed E-state index contributed by atoms with van der Waals surface area (Å²) in [6.45, 7) is 5.51. The minimum Gasteiger partial charge on any atom is -0.375 e. The van der Waals surface area contributed by atoms with Crippen LogP contribution >= 0.6 is 0 Å². The highest BCUT2D eigenvalue weighted by Gasteiger charge is 2.27. The van der Waals surface area contributed by atoms with Crippen LogP contribution in [0.5, 0.6) is 0 Å². The van der Waals surface area contributed by atoms with E-state index in [-0.39, 0.29) is 0 Å². The number of rotatable bonds is 7. The van der Waals surface area contributed by atoms with Gasteiger partial charge in [0.05, 0.1) is 12.2 Å². The smallest absolute Gasteiger partial charge is 0.0583 e. The Morgan fingerprint density at radius 3 is 2.52 bits per heavy atom. The zero-order valence-electron chi connectivity index (χ0n) is 13.5. The molecule has 2 heteroatoms. The van der Waals surface area contributed by atoms with Gasteiger partial charge in [0.25, 0.3) is 0 Å². The molecule has 0 bridgehead atoms. The number of aryl methyl sites for hydroxylation is 1. The van der Waals surface area contributed by atoms with E-state index in [1.54, 1.807) is 0 Å². The summed E-state index contributed by atoms with van der Waals surface area (Å²) in [5, 5.41) is 3.72. The lowest BCUT2D eigenvalue weighted by Gasteiger charge is -2.21. The monoisotopic (exact) mass is 287 g/mol. The second-order valence-electron chi connectivity index (χ2n) is 7.12. The van der Waals surface area contributed by atoms with Gasteiger partial charge in [0.1, 0.15) is 0 Å². The Morgan fingerprint density at radius 2 is 1.90 bits per heavy atom. The van der Waals surface area contributed by atoms with Gasteiger partial charge in [-0.2, -0.15) is 0 Å². The molecule has 2 nitrogen and oxygen atoms in total. The molecule has 0 radical (unpaired) electrons. The van der Waals surface area contributed by atoms with Crippen molar-refractivity contribution in [2.24, 2.45) is 5.92 Å². The summed E-state index contributed by atoms with van der Waals surface area (Å²) in [5.41, 5.74) is 2.81. The van der Waals surface area contributed by atoms with E-state index in [9.17, 15) is 0 Å². The Hall–Kier alpha value is -0.860. The van der Waals surface area contributed by atoms with Crippen molar-refractivity contribution in [3.05, 3.63) is 35.4 Å². The van der Waals surface area contributed by atoms with Gasteiger partial charge >= 0.3 is 0 Å². The summed E-state index contributed by atoms with van der Waals surface area (Å²) < 4.78 is 6.04. The standard InChI is InChI=1S/C19H29NO/c1-14-3-6-16(7-4-14)11-17(13-20-18-8-9-18)12-19-10-5-15(2)21-19/h3-4,6-7,15,17-20H,5,8-13H2,1-2H3. The SMILES string of the molecule is Cc1ccc(CC(CNC2CC2)CC2CCC(C)O2)cc1. The Morgan fingerprint density at radius 1 is 1.14 bits per heavy atom. The zero-order valence-corrected chi connectivity index (χ0v) is 13.5. The van der Waals surface area contributed by atoms with Crippen molar-refractivity contribution in [1.29, 1.82) is 0 Å². The molecule has 1 heterocycles. The molecule has 1 aromatic rings. The molecule has 0 amide bonds. The fourth-order valence-corrected chi connectivity index (χ4v) is 3.35. The molecule has 1 aromatic carbocycles. The highest BCUT2D eigenvalue weighted by atomic mass is 16.5. The van der Waals surface area contributed by atoms with Crippen LogP contribution in [0.15, 0.2) is 24.3 Å². The summed E-state index contributed by atoms with van der Waals surface area (Å²) in [7, 11) is 0. The van der Waals surface area contributed by atoms with E-state index >= 15 is 0 Å². The largest absolute Gasteiger partial charge is 0.375 e. The van der Waals surface area contributed by atoms with Crippen LogP contribution in [0.2, 0.25) is 0 Å². The number of nitrogens with one attached hydrogen (secondary N) is 1. The predicted octanol–water partition coefficient (Wildman–Crippen LogP) is 3.86. The third kappa shape index (κ3) is 4.82. The van der Waals surface area contributed by atoms with Crippen LogP contribution < -0.4 is 5.32 Å². The van der Waals surface area contributed by atoms with Crippen molar-refractivity contribution in [1.82, 2.24) is 5.32 Å². The van der Waals surface area contributed by atoms with E-state index in [0.29, 0.717) is 18.1 Å². The van der Waals surface area contributed by atoms with E-state index in [4.69, 9.17) is 4.74 Å². The van der Waals surface area contributed by atoms with Crippen LogP contribution in [-0.4, -0.2) is 24.8 Å². The van der Waals surface area contributed by atoms with Gasteiger partial charge in [0.15, 0.2) is 0 Å². The van der Waals surface area contributed by atoms with Gasteiger partial charge < -0.3 is 10.1 Å². The van der Waals surface area contributed by atoms with Gasteiger partial charge in [-0.25, -0.2) is 0 Å². The van der Waals surface area contributed by atoms with Crippen LogP contribution in [0.3, 0.4) is 0 Å². The normalized spacial score (nSPS) is 27.0. The van der Waals surface area contributed by atoms with Crippen LogP contribution in [0, 0.1) is 12.8 Å². The van der Waals surface area contributed by atoms with E-state index in [0.717, 1.165) is 12.6 Å². The number of hydrogen-bond acceptors (Lipinski definition) is 2. The molecule has 0 spiro atoms. The lowest BCUT2D eigenvalue weighted by molar-refractivity contribution is 0.0407. The first-order chi connectivity index (χ1) is 10.2. The maximum absolute atomic E-state index is 6.04. The molecule has 2 fully saturated rings. The van der Waals surface area contributed by atoms with Crippen LogP contribution in [0.25, 0.3) is 0 Å². The Kier molecular flexibility index (Phi) is 4.97. The first-order valence-electron chi connectivity index (χ1n) is 8.63. The molecule has 3 rings (SSSR count). The van der Waals surface area contributed by atoms with Crippen molar-refractivity contribution in [3.8, 4) is 0 Å². The molecule has 1 saturated heterocycles. The number of hydrogen-bond donors (Lipinski definition) is 1. The maximum atomic E-state index is 6.04. The fraction of sp³-hybridized carbons (Fsp3) is 0.684. The highest BCUT2D eigenvalue weighted by Crippen LogP contribution is 2.27. The topological polar surface area (TPSA) is 21.3 Å². The summed E-state index contributed by atoms with van der Waals surface area (Å²) in [4.78, 5) is 0. The molecule has 1 aliphatic heterocycles.